The van der Waals surface area contributed by atoms with E-state index in [9.17, 15) is 9.90 Å². The summed E-state index contributed by atoms with van der Waals surface area (Å²) in [6.45, 7) is 4.28. The van der Waals surface area contributed by atoms with E-state index in [2.05, 4.69) is 26.0 Å². The van der Waals surface area contributed by atoms with Gasteiger partial charge in [-0.15, -0.1) is 11.3 Å². The first-order chi connectivity index (χ1) is 9.06. The van der Waals surface area contributed by atoms with Gasteiger partial charge in [0.15, 0.2) is 0 Å². The molecule has 0 atom stereocenters. The summed E-state index contributed by atoms with van der Waals surface area (Å²) in [5.74, 6) is -0.304. The van der Waals surface area contributed by atoms with Crippen molar-refractivity contribution in [2.24, 2.45) is 5.92 Å². The predicted octanol–water partition coefficient (Wildman–Crippen LogP) is 4.29. The van der Waals surface area contributed by atoms with Crippen molar-refractivity contribution in [3.63, 3.8) is 0 Å². The number of fused-ring (bicyclic) bond motifs is 2. The van der Waals surface area contributed by atoms with Crippen LogP contribution in [0, 0.1) is 5.92 Å². The van der Waals surface area contributed by atoms with E-state index < -0.39 is 5.97 Å². The molecule has 0 bridgehead atoms. The number of carboxylic acids is 1. The summed E-state index contributed by atoms with van der Waals surface area (Å²) in [6.07, 6.45) is 4.37. The second-order valence-electron chi connectivity index (χ2n) is 5.78. The molecule has 1 aliphatic carbocycles. The summed E-state index contributed by atoms with van der Waals surface area (Å²) >= 11 is 1.44. The fraction of sp³-hybridized carbons (Fsp3) is 0.438. The van der Waals surface area contributed by atoms with E-state index in [1.807, 2.05) is 0 Å². The zero-order chi connectivity index (χ0) is 13.6. The van der Waals surface area contributed by atoms with Crippen molar-refractivity contribution < 1.29 is 9.90 Å². The molecule has 1 heterocycles. The molecule has 0 fully saturated rings. The van der Waals surface area contributed by atoms with Crippen molar-refractivity contribution in [2.75, 3.05) is 0 Å². The van der Waals surface area contributed by atoms with Gasteiger partial charge in [0.2, 0.25) is 0 Å². The fourth-order valence-electron chi connectivity index (χ4n) is 3.00. The molecular formula is C16H18O2S. The molecule has 0 saturated heterocycles. The van der Waals surface area contributed by atoms with Crippen LogP contribution in [-0.4, -0.2) is 11.1 Å². The Morgan fingerprint density at radius 3 is 2.63 bits per heavy atom. The molecule has 19 heavy (non-hydrogen) atoms. The number of rotatable bonds is 3. The molecule has 1 aliphatic rings. The maximum atomic E-state index is 11.4. The van der Waals surface area contributed by atoms with Gasteiger partial charge in [-0.2, -0.15) is 0 Å². The monoisotopic (exact) mass is 274 g/mol. The molecule has 100 valence electrons. The maximum absolute atomic E-state index is 11.4. The van der Waals surface area contributed by atoms with E-state index in [0.29, 0.717) is 10.8 Å². The Kier molecular flexibility index (Phi) is 3.09. The summed E-state index contributed by atoms with van der Waals surface area (Å²) < 4.78 is 1.15. The molecule has 0 radical (unpaired) electrons. The summed E-state index contributed by atoms with van der Waals surface area (Å²) in [4.78, 5) is 12.0. The number of thiophene rings is 1. The van der Waals surface area contributed by atoms with Crippen LogP contribution >= 0.6 is 11.3 Å². The number of aryl methyl sites for hydroxylation is 2. The molecule has 3 rings (SSSR count). The van der Waals surface area contributed by atoms with Crippen LogP contribution in [0.3, 0.4) is 0 Å². The Morgan fingerprint density at radius 2 is 2.00 bits per heavy atom. The quantitative estimate of drug-likeness (QED) is 0.906. The van der Waals surface area contributed by atoms with Crippen LogP contribution < -0.4 is 0 Å². The lowest BCUT2D eigenvalue weighted by atomic mass is 9.98. The van der Waals surface area contributed by atoms with E-state index in [1.54, 1.807) is 0 Å². The van der Waals surface area contributed by atoms with Crippen molar-refractivity contribution in [1.82, 2.24) is 0 Å². The zero-order valence-electron chi connectivity index (χ0n) is 11.3. The third-order valence-electron chi connectivity index (χ3n) is 3.81. The first-order valence-electron chi connectivity index (χ1n) is 6.86. The van der Waals surface area contributed by atoms with Crippen molar-refractivity contribution in [1.29, 1.82) is 0 Å². The topological polar surface area (TPSA) is 37.3 Å². The van der Waals surface area contributed by atoms with Crippen LogP contribution in [0.1, 0.15) is 46.6 Å². The largest absolute Gasteiger partial charge is 0.477 e. The van der Waals surface area contributed by atoms with Gasteiger partial charge >= 0.3 is 5.97 Å². The first-order valence-corrected chi connectivity index (χ1v) is 7.68. The number of aromatic carboxylic acids is 1. The second kappa shape index (κ2) is 4.64. The summed E-state index contributed by atoms with van der Waals surface area (Å²) in [5, 5.41) is 10.6. The lowest BCUT2D eigenvalue weighted by Crippen LogP contribution is -2.01. The van der Waals surface area contributed by atoms with Gasteiger partial charge in [0.05, 0.1) is 0 Å². The van der Waals surface area contributed by atoms with Crippen LogP contribution in [-0.2, 0) is 19.3 Å². The molecule has 2 aromatic rings. The molecule has 0 amide bonds. The minimum absolute atomic E-state index is 0.476. The fourth-order valence-corrected chi connectivity index (χ4v) is 4.12. The molecule has 0 saturated carbocycles. The Bertz CT molecular complexity index is 652. The van der Waals surface area contributed by atoms with Crippen molar-refractivity contribution in [2.45, 2.75) is 39.5 Å². The van der Waals surface area contributed by atoms with Gasteiger partial charge < -0.3 is 5.11 Å². The molecule has 1 aromatic carbocycles. The normalized spacial score (nSPS) is 14.3. The number of hydrogen-bond acceptors (Lipinski definition) is 2. The average molecular weight is 274 g/mol. The van der Waals surface area contributed by atoms with E-state index in [-0.39, 0.29) is 0 Å². The minimum atomic E-state index is -0.781. The number of carbonyl (C=O) groups is 1. The molecule has 1 N–H and O–H groups in total. The standard InChI is InChI=1S/C16H18O2S/c1-9(2)6-13-12-7-10-4-3-5-11(10)8-14(12)19-15(13)16(17)18/h7-9H,3-6H2,1-2H3,(H,17,18). The summed E-state index contributed by atoms with van der Waals surface area (Å²) in [7, 11) is 0. The van der Waals surface area contributed by atoms with Gasteiger partial charge in [-0.05, 0) is 65.8 Å². The molecule has 3 heteroatoms. The average Bonchev–Trinajstić information content (AvgIpc) is 2.90. The van der Waals surface area contributed by atoms with Crippen LogP contribution in [0.5, 0.6) is 0 Å². The van der Waals surface area contributed by atoms with Gasteiger partial charge in [-0.25, -0.2) is 4.79 Å². The van der Waals surface area contributed by atoms with Crippen LogP contribution in [0.25, 0.3) is 10.1 Å². The third kappa shape index (κ3) is 2.16. The smallest absolute Gasteiger partial charge is 0.346 e. The predicted molar refractivity (Wildman–Crippen MR) is 79.4 cm³/mol. The Labute approximate surface area is 117 Å². The summed E-state index contributed by atoms with van der Waals surface area (Å²) in [5.41, 5.74) is 3.88. The van der Waals surface area contributed by atoms with Crippen molar-refractivity contribution in [3.8, 4) is 0 Å². The highest BCUT2D eigenvalue weighted by Crippen LogP contribution is 2.37. The second-order valence-corrected chi connectivity index (χ2v) is 6.84. The lowest BCUT2D eigenvalue weighted by molar-refractivity contribution is 0.0701. The van der Waals surface area contributed by atoms with Gasteiger partial charge in [0.1, 0.15) is 4.88 Å². The van der Waals surface area contributed by atoms with E-state index in [4.69, 9.17) is 0 Å². The highest BCUT2D eigenvalue weighted by Gasteiger charge is 2.21. The molecule has 0 aliphatic heterocycles. The van der Waals surface area contributed by atoms with Crippen molar-refractivity contribution in [3.05, 3.63) is 33.7 Å². The van der Waals surface area contributed by atoms with E-state index >= 15 is 0 Å². The molecular weight excluding hydrogens is 256 g/mol. The molecule has 1 aromatic heterocycles. The first kappa shape index (κ1) is 12.7. The Hall–Kier alpha value is -1.35. The number of hydrogen-bond donors (Lipinski definition) is 1. The molecule has 0 unspecified atom stereocenters. The zero-order valence-corrected chi connectivity index (χ0v) is 12.1. The van der Waals surface area contributed by atoms with Gasteiger partial charge in [0.25, 0.3) is 0 Å². The van der Waals surface area contributed by atoms with Gasteiger partial charge in [0, 0.05) is 4.70 Å². The van der Waals surface area contributed by atoms with Gasteiger partial charge in [-0.1, -0.05) is 13.8 Å². The van der Waals surface area contributed by atoms with Crippen LogP contribution in [0.4, 0.5) is 0 Å². The van der Waals surface area contributed by atoms with E-state index in [1.165, 1.54) is 34.3 Å². The highest BCUT2D eigenvalue weighted by atomic mass is 32.1. The lowest BCUT2D eigenvalue weighted by Gasteiger charge is -2.06. The minimum Gasteiger partial charge on any atom is -0.477 e. The summed E-state index contributed by atoms with van der Waals surface area (Å²) in [6, 6.07) is 4.47. The molecule has 0 spiro atoms. The highest BCUT2D eigenvalue weighted by molar-refractivity contribution is 7.21. The number of benzene rings is 1. The van der Waals surface area contributed by atoms with Crippen LogP contribution in [0.15, 0.2) is 12.1 Å². The maximum Gasteiger partial charge on any atom is 0.346 e. The Morgan fingerprint density at radius 1 is 1.32 bits per heavy atom. The van der Waals surface area contributed by atoms with E-state index in [0.717, 1.165) is 29.5 Å². The number of carboxylic acid groups (broad SMARTS) is 1. The SMILES string of the molecule is CC(C)Cc1c(C(=O)O)sc2cc3c(cc12)CCC3. The molecule has 2 nitrogen and oxygen atoms in total. The Balaban J connectivity index is 2.23. The van der Waals surface area contributed by atoms with Crippen LogP contribution in [0.2, 0.25) is 0 Å². The van der Waals surface area contributed by atoms with Crippen molar-refractivity contribution >= 4 is 27.4 Å². The van der Waals surface area contributed by atoms with Gasteiger partial charge in [-0.3, -0.25) is 0 Å². The third-order valence-corrected chi connectivity index (χ3v) is 4.99.